The third-order valence-electron chi connectivity index (χ3n) is 4.16. The van der Waals surface area contributed by atoms with E-state index in [4.69, 9.17) is 4.74 Å². The highest BCUT2D eigenvalue weighted by molar-refractivity contribution is 5.83. The van der Waals surface area contributed by atoms with Gasteiger partial charge in [-0.2, -0.15) is 0 Å². The highest BCUT2D eigenvalue weighted by Gasteiger charge is 2.21. The van der Waals surface area contributed by atoms with Gasteiger partial charge in [-0.3, -0.25) is 4.98 Å². The lowest BCUT2D eigenvalue weighted by Gasteiger charge is -2.22. The number of aromatic amines is 1. The number of nitrogens with zero attached hydrogens (tertiary/aromatic N) is 2. The standard InChI is InChI=1S/C22H26N4O2/c1-6-7-18(26-21(27)28-22(3,4)5)20-23-13-19(25-20)16-10-11-17-15(12-16)9-8-14(2)24-17/h6,8-13,18H,1,7H2,2-5H3,(H,23,25)(H,26,27)/t18-/m0/s1. The average molecular weight is 378 g/mol. The molecule has 0 fully saturated rings. The second-order valence-corrected chi connectivity index (χ2v) is 7.77. The zero-order valence-corrected chi connectivity index (χ0v) is 16.7. The second kappa shape index (κ2) is 7.84. The van der Waals surface area contributed by atoms with Gasteiger partial charge in [0.15, 0.2) is 0 Å². The maximum absolute atomic E-state index is 12.2. The molecule has 6 nitrogen and oxygen atoms in total. The highest BCUT2D eigenvalue weighted by Crippen LogP contribution is 2.25. The van der Waals surface area contributed by atoms with Crippen LogP contribution in [0.4, 0.5) is 4.79 Å². The summed E-state index contributed by atoms with van der Waals surface area (Å²) in [6.07, 6.45) is 3.57. The fraction of sp³-hybridized carbons (Fsp3) is 0.318. The molecule has 0 aliphatic heterocycles. The molecule has 1 atom stereocenters. The largest absolute Gasteiger partial charge is 0.444 e. The number of hydrogen-bond acceptors (Lipinski definition) is 4. The fourth-order valence-electron chi connectivity index (χ4n) is 2.91. The van der Waals surface area contributed by atoms with Crippen molar-refractivity contribution in [2.24, 2.45) is 0 Å². The van der Waals surface area contributed by atoms with Gasteiger partial charge in [0.2, 0.25) is 0 Å². The van der Waals surface area contributed by atoms with Crippen LogP contribution in [0.25, 0.3) is 22.2 Å². The van der Waals surface area contributed by atoms with Crippen molar-refractivity contribution in [3.63, 3.8) is 0 Å². The van der Waals surface area contributed by atoms with Gasteiger partial charge in [-0.1, -0.05) is 18.2 Å². The molecule has 2 N–H and O–H groups in total. The summed E-state index contributed by atoms with van der Waals surface area (Å²) in [5, 5.41) is 3.92. The first-order valence-electron chi connectivity index (χ1n) is 9.28. The van der Waals surface area contributed by atoms with Crippen LogP contribution >= 0.6 is 0 Å². The third-order valence-corrected chi connectivity index (χ3v) is 4.16. The first kappa shape index (κ1) is 19.6. The Hall–Kier alpha value is -3.15. The van der Waals surface area contributed by atoms with E-state index in [-0.39, 0.29) is 6.04 Å². The van der Waals surface area contributed by atoms with Gasteiger partial charge in [-0.05, 0) is 52.3 Å². The zero-order valence-electron chi connectivity index (χ0n) is 16.7. The Morgan fingerprint density at radius 3 is 2.82 bits per heavy atom. The minimum Gasteiger partial charge on any atom is -0.444 e. The summed E-state index contributed by atoms with van der Waals surface area (Å²) in [7, 11) is 0. The monoisotopic (exact) mass is 378 g/mol. The topological polar surface area (TPSA) is 79.9 Å². The number of hydrogen-bond donors (Lipinski definition) is 2. The molecular formula is C22H26N4O2. The van der Waals surface area contributed by atoms with Crippen molar-refractivity contribution in [1.29, 1.82) is 0 Å². The van der Waals surface area contributed by atoms with E-state index in [9.17, 15) is 4.79 Å². The van der Waals surface area contributed by atoms with Crippen LogP contribution < -0.4 is 5.32 Å². The van der Waals surface area contributed by atoms with Crippen LogP contribution in [0, 0.1) is 6.92 Å². The SMILES string of the molecule is C=CC[C@H](NC(=O)OC(C)(C)C)c1ncc(-c2ccc3nc(C)ccc3c2)[nH]1. The van der Waals surface area contributed by atoms with Crippen LogP contribution in [0.2, 0.25) is 0 Å². The van der Waals surface area contributed by atoms with Crippen molar-refractivity contribution >= 4 is 17.0 Å². The summed E-state index contributed by atoms with van der Waals surface area (Å²) in [4.78, 5) is 24.5. The van der Waals surface area contributed by atoms with Crippen molar-refractivity contribution in [1.82, 2.24) is 20.3 Å². The molecule has 3 rings (SSSR count). The number of H-pyrrole nitrogens is 1. The Bertz CT molecular complexity index is 1000. The zero-order chi connectivity index (χ0) is 20.3. The number of imidazole rings is 1. The second-order valence-electron chi connectivity index (χ2n) is 7.77. The number of pyridine rings is 1. The predicted octanol–water partition coefficient (Wildman–Crippen LogP) is 5.08. The molecule has 0 radical (unpaired) electrons. The van der Waals surface area contributed by atoms with E-state index in [2.05, 4.69) is 39.0 Å². The molecule has 2 aromatic heterocycles. The normalized spacial score (nSPS) is 12.6. The molecule has 0 unspecified atom stereocenters. The van der Waals surface area contributed by atoms with Crippen molar-refractivity contribution in [3.05, 3.63) is 60.7 Å². The van der Waals surface area contributed by atoms with E-state index in [1.54, 1.807) is 12.3 Å². The molecule has 0 bridgehead atoms. The number of aryl methyl sites for hydroxylation is 1. The van der Waals surface area contributed by atoms with Crippen LogP contribution in [0.5, 0.6) is 0 Å². The average Bonchev–Trinajstić information content (AvgIpc) is 3.09. The summed E-state index contributed by atoms with van der Waals surface area (Å²) in [5.74, 6) is 0.655. The molecule has 2 heterocycles. The smallest absolute Gasteiger partial charge is 0.408 e. The van der Waals surface area contributed by atoms with E-state index in [1.165, 1.54) is 0 Å². The van der Waals surface area contributed by atoms with Crippen LogP contribution in [-0.4, -0.2) is 26.6 Å². The molecule has 0 saturated carbocycles. The summed E-state index contributed by atoms with van der Waals surface area (Å²) in [6.45, 7) is 11.2. The number of aromatic nitrogens is 3. The number of ether oxygens (including phenoxy) is 1. The summed E-state index contributed by atoms with van der Waals surface area (Å²) < 4.78 is 5.35. The minimum absolute atomic E-state index is 0.342. The number of carbonyl (C=O) groups excluding carboxylic acids is 1. The first-order chi connectivity index (χ1) is 13.2. The number of rotatable bonds is 5. The lowest BCUT2D eigenvalue weighted by Crippen LogP contribution is -2.35. The summed E-state index contributed by atoms with van der Waals surface area (Å²) in [5.41, 5.74) is 3.27. The molecule has 146 valence electrons. The van der Waals surface area contributed by atoms with Gasteiger partial charge >= 0.3 is 6.09 Å². The summed E-state index contributed by atoms with van der Waals surface area (Å²) in [6, 6.07) is 9.79. The van der Waals surface area contributed by atoms with Crippen LogP contribution in [0.1, 0.15) is 44.8 Å². The number of fused-ring (bicyclic) bond motifs is 1. The van der Waals surface area contributed by atoms with Gasteiger partial charge in [-0.25, -0.2) is 9.78 Å². The minimum atomic E-state index is -0.561. The Morgan fingerprint density at radius 1 is 1.32 bits per heavy atom. The molecule has 3 aromatic rings. The Morgan fingerprint density at radius 2 is 2.11 bits per heavy atom. The van der Waals surface area contributed by atoms with Crippen molar-refractivity contribution < 1.29 is 9.53 Å². The third kappa shape index (κ3) is 4.76. The predicted molar refractivity (Wildman–Crippen MR) is 111 cm³/mol. The number of benzene rings is 1. The number of amides is 1. The Labute approximate surface area is 165 Å². The van der Waals surface area contributed by atoms with Crippen LogP contribution in [-0.2, 0) is 4.74 Å². The molecule has 0 spiro atoms. The lowest BCUT2D eigenvalue weighted by molar-refractivity contribution is 0.0502. The first-order valence-corrected chi connectivity index (χ1v) is 9.28. The maximum atomic E-state index is 12.2. The van der Waals surface area contributed by atoms with Gasteiger partial charge in [0.1, 0.15) is 11.4 Å². The fourth-order valence-corrected chi connectivity index (χ4v) is 2.91. The maximum Gasteiger partial charge on any atom is 0.408 e. The molecule has 0 saturated heterocycles. The van der Waals surface area contributed by atoms with Crippen molar-refractivity contribution in [2.45, 2.75) is 45.8 Å². The van der Waals surface area contributed by atoms with E-state index in [0.717, 1.165) is 27.9 Å². The molecule has 0 aliphatic rings. The molecule has 6 heteroatoms. The van der Waals surface area contributed by atoms with Crippen LogP contribution in [0.15, 0.2) is 49.2 Å². The van der Waals surface area contributed by atoms with Gasteiger partial charge < -0.3 is 15.0 Å². The van der Waals surface area contributed by atoms with E-state index < -0.39 is 11.7 Å². The number of alkyl carbamates (subject to hydrolysis) is 1. The highest BCUT2D eigenvalue weighted by atomic mass is 16.6. The van der Waals surface area contributed by atoms with Crippen molar-refractivity contribution in [3.8, 4) is 11.3 Å². The molecule has 1 aromatic carbocycles. The van der Waals surface area contributed by atoms with Crippen LogP contribution in [0.3, 0.4) is 0 Å². The molecule has 28 heavy (non-hydrogen) atoms. The van der Waals surface area contributed by atoms with Gasteiger partial charge in [0, 0.05) is 16.6 Å². The van der Waals surface area contributed by atoms with E-state index in [0.29, 0.717) is 12.2 Å². The van der Waals surface area contributed by atoms with E-state index in [1.807, 2.05) is 45.9 Å². The van der Waals surface area contributed by atoms with E-state index >= 15 is 0 Å². The van der Waals surface area contributed by atoms with Gasteiger partial charge in [0.25, 0.3) is 0 Å². The summed E-state index contributed by atoms with van der Waals surface area (Å²) >= 11 is 0. The van der Waals surface area contributed by atoms with Gasteiger partial charge in [-0.15, -0.1) is 6.58 Å². The Balaban J connectivity index is 1.83. The molecule has 1 amide bonds. The van der Waals surface area contributed by atoms with Crippen molar-refractivity contribution in [2.75, 3.05) is 0 Å². The molecule has 0 aliphatic carbocycles. The Kier molecular flexibility index (Phi) is 5.49. The molecular weight excluding hydrogens is 352 g/mol. The number of nitrogens with one attached hydrogen (secondary N) is 2. The lowest BCUT2D eigenvalue weighted by atomic mass is 10.1. The quantitative estimate of drug-likeness (QED) is 0.607. The van der Waals surface area contributed by atoms with Gasteiger partial charge in [0.05, 0.1) is 23.4 Å². The number of carbonyl (C=O) groups is 1.